The van der Waals surface area contributed by atoms with Crippen molar-refractivity contribution >= 4 is 11.6 Å². The Morgan fingerprint density at radius 1 is 1.10 bits per heavy atom. The summed E-state index contributed by atoms with van der Waals surface area (Å²) >= 11 is 0. The average molecular weight is 407 g/mol. The fourth-order valence-corrected chi connectivity index (χ4v) is 3.14. The van der Waals surface area contributed by atoms with Gasteiger partial charge in [0.2, 0.25) is 5.91 Å². The summed E-state index contributed by atoms with van der Waals surface area (Å²) in [5.41, 5.74) is 1.81. The number of amides is 1. The highest BCUT2D eigenvalue weighted by Gasteiger charge is 2.16. The van der Waals surface area contributed by atoms with Crippen molar-refractivity contribution in [3.05, 3.63) is 83.9 Å². The van der Waals surface area contributed by atoms with Crippen LogP contribution in [0.3, 0.4) is 0 Å². The Bertz CT molecular complexity index is 1210. The molecule has 0 spiro atoms. The molecule has 2 heterocycles. The number of fused-ring (bicyclic) bond motifs is 1. The van der Waals surface area contributed by atoms with E-state index in [0.717, 1.165) is 0 Å². The number of nitrogens with one attached hydrogen (secondary N) is 1. The second kappa shape index (κ2) is 8.36. The van der Waals surface area contributed by atoms with Gasteiger partial charge in [0.15, 0.2) is 11.5 Å². The molecule has 0 radical (unpaired) electrons. The van der Waals surface area contributed by atoms with Crippen molar-refractivity contribution in [1.29, 1.82) is 0 Å². The SMILES string of the molecule is C[C@H](NC(=O)CCc1ccccc1F)c1nc2cc(-c3ccccc3F)ncn2n1. The summed E-state index contributed by atoms with van der Waals surface area (Å²) < 4.78 is 29.2. The smallest absolute Gasteiger partial charge is 0.220 e. The zero-order chi connectivity index (χ0) is 21.1. The van der Waals surface area contributed by atoms with Crippen LogP contribution in [-0.2, 0) is 11.2 Å². The second-order valence-corrected chi connectivity index (χ2v) is 6.91. The summed E-state index contributed by atoms with van der Waals surface area (Å²) in [4.78, 5) is 20.9. The fourth-order valence-electron chi connectivity index (χ4n) is 3.14. The van der Waals surface area contributed by atoms with Crippen molar-refractivity contribution < 1.29 is 13.6 Å². The highest BCUT2D eigenvalue weighted by Crippen LogP contribution is 2.21. The van der Waals surface area contributed by atoms with Crippen molar-refractivity contribution in [3.8, 4) is 11.3 Å². The normalized spacial score (nSPS) is 12.1. The van der Waals surface area contributed by atoms with Gasteiger partial charge >= 0.3 is 0 Å². The largest absolute Gasteiger partial charge is 0.346 e. The van der Waals surface area contributed by atoms with Gasteiger partial charge in [-0.05, 0) is 37.1 Å². The number of nitrogens with zero attached hydrogens (tertiary/aromatic N) is 4. The van der Waals surface area contributed by atoms with Crippen LogP contribution in [0.5, 0.6) is 0 Å². The summed E-state index contributed by atoms with van der Waals surface area (Å²) in [6, 6.07) is 13.9. The maximum absolute atomic E-state index is 14.0. The van der Waals surface area contributed by atoms with E-state index in [-0.39, 0.29) is 24.0 Å². The molecular weight excluding hydrogens is 388 g/mol. The monoisotopic (exact) mass is 407 g/mol. The van der Waals surface area contributed by atoms with Crippen LogP contribution in [0.4, 0.5) is 8.78 Å². The number of rotatable bonds is 6. The number of halogens is 2. The van der Waals surface area contributed by atoms with Crippen LogP contribution in [0.2, 0.25) is 0 Å². The van der Waals surface area contributed by atoms with Crippen LogP contribution in [0, 0.1) is 11.6 Å². The van der Waals surface area contributed by atoms with Gasteiger partial charge in [-0.3, -0.25) is 4.79 Å². The molecule has 8 heteroatoms. The summed E-state index contributed by atoms with van der Waals surface area (Å²) in [7, 11) is 0. The summed E-state index contributed by atoms with van der Waals surface area (Å²) in [5.74, 6) is -0.514. The van der Waals surface area contributed by atoms with E-state index in [1.54, 1.807) is 49.4 Å². The van der Waals surface area contributed by atoms with Gasteiger partial charge in [-0.15, -0.1) is 5.10 Å². The number of aryl methyl sites for hydroxylation is 1. The molecule has 4 rings (SSSR count). The van der Waals surface area contributed by atoms with Crippen LogP contribution in [0.25, 0.3) is 16.9 Å². The number of aromatic nitrogens is 4. The van der Waals surface area contributed by atoms with E-state index in [1.165, 1.54) is 23.0 Å². The molecule has 0 saturated carbocycles. The molecule has 0 aliphatic heterocycles. The quantitative estimate of drug-likeness (QED) is 0.527. The van der Waals surface area contributed by atoms with Gasteiger partial charge in [-0.2, -0.15) is 0 Å². The Balaban J connectivity index is 1.45. The number of benzene rings is 2. The first-order valence-electron chi connectivity index (χ1n) is 9.51. The van der Waals surface area contributed by atoms with Crippen LogP contribution >= 0.6 is 0 Å². The zero-order valence-corrected chi connectivity index (χ0v) is 16.2. The third-order valence-electron chi connectivity index (χ3n) is 4.74. The predicted octanol–water partition coefficient (Wildman–Crippen LogP) is 3.88. The molecule has 4 aromatic rings. The number of carbonyl (C=O) groups excluding carboxylic acids is 1. The Morgan fingerprint density at radius 3 is 2.60 bits per heavy atom. The minimum absolute atomic E-state index is 0.150. The molecule has 0 saturated heterocycles. The highest BCUT2D eigenvalue weighted by molar-refractivity contribution is 5.76. The van der Waals surface area contributed by atoms with Gasteiger partial charge in [-0.1, -0.05) is 30.3 Å². The van der Waals surface area contributed by atoms with Crippen LogP contribution in [-0.4, -0.2) is 25.5 Å². The lowest BCUT2D eigenvalue weighted by Gasteiger charge is -2.10. The molecule has 0 aliphatic rings. The van der Waals surface area contributed by atoms with Gasteiger partial charge in [0.1, 0.15) is 18.0 Å². The zero-order valence-electron chi connectivity index (χ0n) is 16.2. The van der Waals surface area contributed by atoms with E-state index >= 15 is 0 Å². The lowest BCUT2D eigenvalue weighted by atomic mass is 10.1. The van der Waals surface area contributed by atoms with E-state index in [1.807, 2.05) is 0 Å². The molecule has 2 aromatic carbocycles. The lowest BCUT2D eigenvalue weighted by molar-refractivity contribution is -0.121. The third kappa shape index (κ3) is 4.17. The standard InChI is InChI=1S/C22H19F2N5O/c1-14(26-21(30)11-10-15-6-2-4-8-17(15)23)22-27-20-12-19(25-13-29(20)28-22)16-7-3-5-9-18(16)24/h2-9,12-14H,10-11H2,1H3,(H,26,30)/t14-/m0/s1. The minimum Gasteiger partial charge on any atom is -0.346 e. The molecule has 152 valence electrons. The van der Waals surface area contributed by atoms with Gasteiger partial charge in [0.05, 0.1) is 11.7 Å². The van der Waals surface area contributed by atoms with Crippen molar-refractivity contribution in [2.75, 3.05) is 0 Å². The van der Waals surface area contributed by atoms with Crippen LogP contribution < -0.4 is 5.32 Å². The first-order valence-corrected chi connectivity index (χ1v) is 9.51. The maximum Gasteiger partial charge on any atom is 0.220 e. The van der Waals surface area contributed by atoms with Gasteiger partial charge in [-0.25, -0.2) is 23.3 Å². The molecule has 0 bridgehead atoms. The molecular formula is C22H19F2N5O. The van der Waals surface area contributed by atoms with E-state index < -0.39 is 6.04 Å². The van der Waals surface area contributed by atoms with E-state index in [2.05, 4.69) is 20.4 Å². The molecule has 0 fully saturated rings. The average Bonchev–Trinajstić information content (AvgIpc) is 3.17. The van der Waals surface area contributed by atoms with Crippen molar-refractivity contribution in [1.82, 2.24) is 24.9 Å². The van der Waals surface area contributed by atoms with Crippen molar-refractivity contribution in [3.63, 3.8) is 0 Å². The molecule has 1 N–H and O–H groups in total. The molecule has 1 atom stereocenters. The van der Waals surface area contributed by atoms with Crippen molar-refractivity contribution in [2.45, 2.75) is 25.8 Å². The van der Waals surface area contributed by atoms with Crippen LogP contribution in [0.1, 0.15) is 30.8 Å². The maximum atomic E-state index is 14.0. The number of hydrogen-bond acceptors (Lipinski definition) is 4. The van der Waals surface area contributed by atoms with Gasteiger partial charge < -0.3 is 5.32 Å². The lowest BCUT2D eigenvalue weighted by Crippen LogP contribution is -2.27. The van der Waals surface area contributed by atoms with E-state index in [9.17, 15) is 13.6 Å². The van der Waals surface area contributed by atoms with E-state index in [0.29, 0.717) is 34.7 Å². The Hall–Kier alpha value is -3.68. The summed E-state index contributed by atoms with van der Waals surface area (Å²) in [6.07, 6.45) is 1.91. The Morgan fingerprint density at radius 2 is 1.83 bits per heavy atom. The molecule has 30 heavy (non-hydrogen) atoms. The Kier molecular flexibility index (Phi) is 5.47. The first-order chi connectivity index (χ1) is 14.5. The summed E-state index contributed by atoms with van der Waals surface area (Å²) in [5, 5.41) is 7.15. The molecule has 2 aromatic heterocycles. The van der Waals surface area contributed by atoms with Crippen molar-refractivity contribution in [2.24, 2.45) is 0 Å². The molecule has 6 nitrogen and oxygen atoms in total. The molecule has 0 unspecified atom stereocenters. The number of hydrogen-bond donors (Lipinski definition) is 1. The molecule has 0 aliphatic carbocycles. The number of carbonyl (C=O) groups is 1. The first kappa shape index (κ1) is 19.6. The third-order valence-corrected chi connectivity index (χ3v) is 4.74. The summed E-state index contributed by atoms with van der Waals surface area (Å²) in [6.45, 7) is 1.76. The fraction of sp³-hybridized carbons (Fsp3) is 0.182. The Labute approximate surface area is 171 Å². The topological polar surface area (TPSA) is 72.2 Å². The highest BCUT2D eigenvalue weighted by atomic mass is 19.1. The predicted molar refractivity (Wildman–Crippen MR) is 107 cm³/mol. The minimum atomic E-state index is -0.449. The second-order valence-electron chi connectivity index (χ2n) is 6.91. The van der Waals surface area contributed by atoms with E-state index in [4.69, 9.17) is 0 Å². The van der Waals surface area contributed by atoms with Gasteiger partial charge in [0, 0.05) is 18.1 Å². The van der Waals surface area contributed by atoms with Crippen LogP contribution in [0.15, 0.2) is 60.9 Å². The molecule has 1 amide bonds. The van der Waals surface area contributed by atoms with Gasteiger partial charge in [0.25, 0.3) is 0 Å².